The number of nitriles is 1. The van der Waals surface area contributed by atoms with Crippen LogP contribution in [0.3, 0.4) is 0 Å². The number of nitrogens with one attached hydrogen (secondary N) is 1. The number of allylic oxidation sites excluding steroid dienone is 1. The molecule has 11 heteroatoms. The minimum Gasteiger partial charge on any atom is -0.466 e. The maximum Gasteiger partial charge on any atom is 0.336 e. The summed E-state index contributed by atoms with van der Waals surface area (Å²) in [5, 5.41) is 12.2. The van der Waals surface area contributed by atoms with Gasteiger partial charge in [-0.3, -0.25) is 14.5 Å². The lowest BCUT2D eigenvalue weighted by atomic mass is 9.80. The summed E-state index contributed by atoms with van der Waals surface area (Å²) in [6.07, 6.45) is 0.00808. The number of fused-ring (bicyclic) bond motifs is 1. The van der Waals surface area contributed by atoms with Crippen molar-refractivity contribution >= 4 is 35.4 Å². The third-order valence-corrected chi connectivity index (χ3v) is 6.86. The van der Waals surface area contributed by atoms with Crippen LogP contribution in [0.2, 0.25) is 5.02 Å². The largest absolute Gasteiger partial charge is 0.466 e. The average molecular weight is 564 g/mol. The summed E-state index contributed by atoms with van der Waals surface area (Å²) in [4.78, 5) is 52.7. The van der Waals surface area contributed by atoms with Crippen molar-refractivity contribution in [2.75, 3.05) is 33.5 Å². The zero-order chi connectivity index (χ0) is 28.8. The van der Waals surface area contributed by atoms with E-state index in [0.717, 1.165) is 4.90 Å². The number of dihydropyridines is 1. The van der Waals surface area contributed by atoms with Gasteiger partial charge >= 0.3 is 11.9 Å². The fourth-order valence-corrected chi connectivity index (χ4v) is 4.94. The van der Waals surface area contributed by atoms with Crippen molar-refractivity contribution in [1.29, 1.82) is 5.26 Å². The molecule has 2 aromatic rings. The van der Waals surface area contributed by atoms with Crippen molar-refractivity contribution in [3.8, 4) is 6.07 Å². The quantitative estimate of drug-likeness (QED) is 0.262. The van der Waals surface area contributed by atoms with E-state index in [1.54, 1.807) is 55.5 Å². The standard InChI is InChI=1S/C29H26ClN3O7/c1-17-23(29(37)40-14-7-12-31)24(20-10-5-6-11-21(20)30)25(28(36)38-2)22(32-17)16-39-15-13-33-26(34)18-8-3-4-9-19(18)27(33)35/h3-6,8-11,24,32H,7,13-16H2,1-2H3. The third kappa shape index (κ3) is 5.61. The van der Waals surface area contributed by atoms with Crippen LogP contribution in [0.4, 0.5) is 0 Å². The number of nitrogens with zero attached hydrogens (tertiary/aromatic N) is 2. The molecule has 0 aromatic heterocycles. The maximum atomic E-state index is 13.2. The van der Waals surface area contributed by atoms with Crippen LogP contribution in [-0.2, 0) is 23.8 Å². The Labute approximate surface area is 235 Å². The Hall–Kier alpha value is -4.46. The van der Waals surface area contributed by atoms with Gasteiger partial charge in [0, 0.05) is 10.7 Å². The number of carbonyl (C=O) groups excluding carboxylic acids is 4. The van der Waals surface area contributed by atoms with Crippen LogP contribution in [0, 0.1) is 11.3 Å². The highest BCUT2D eigenvalue weighted by atomic mass is 35.5. The minimum absolute atomic E-state index is 0.00627. The lowest BCUT2D eigenvalue weighted by Crippen LogP contribution is -2.36. The van der Waals surface area contributed by atoms with Gasteiger partial charge in [-0.25, -0.2) is 9.59 Å². The van der Waals surface area contributed by atoms with Crippen molar-refractivity contribution in [1.82, 2.24) is 10.2 Å². The van der Waals surface area contributed by atoms with Gasteiger partial charge in [0.1, 0.15) is 6.61 Å². The molecule has 0 radical (unpaired) electrons. The molecule has 40 heavy (non-hydrogen) atoms. The molecule has 2 heterocycles. The van der Waals surface area contributed by atoms with E-state index in [-0.39, 0.29) is 43.9 Å². The highest BCUT2D eigenvalue weighted by molar-refractivity contribution is 6.31. The van der Waals surface area contributed by atoms with Crippen LogP contribution in [0.5, 0.6) is 0 Å². The molecular formula is C29H26ClN3O7. The van der Waals surface area contributed by atoms with Gasteiger partial charge in [0.2, 0.25) is 0 Å². The zero-order valence-electron chi connectivity index (χ0n) is 21.9. The highest BCUT2D eigenvalue weighted by Crippen LogP contribution is 2.42. The number of methoxy groups -OCH3 is 1. The van der Waals surface area contributed by atoms with Gasteiger partial charge in [-0.05, 0) is 30.7 Å². The van der Waals surface area contributed by atoms with Crippen molar-refractivity contribution in [2.45, 2.75) is 19.3 Å². The normalized spacial score (nSPS) is 16.4. The summed E-state index contributed by atoms with van der Waals surface area (Å²) >= 11 is 6.51. The summed E-state index contributed by atoms with van der Waals surface area (Å²) in [7, 11) is 1.22. The summed E-state index contributed by atoms with van der Waals surface area (Å²) in [6.45, 7) is 1.41. The summed E-state index contributed by atoms with van der Waals surface area (Å²) < 4.78 is 16.2. The molecule has 0 saturated carbocycles. The molecule has 4 rings (SSSR count). The first kappa shape index (κ1) is 28.5. The van der Waals surface area contributed by atoms with Crippen LogP contribution in [-0.4, -0.2) is 62.1 Å². The molecule has 1 N–H and O–H groups in total. The van der Waals surface area contributed by atoms with Gasteiger partial charge in [-0.15, -0.1) is 0 Å². The van der Waals surface area contributed by atoms with Gasteiger partial charge in [-0.1, -0.05) is 41.9 Å². The first-order chi connectivity index (χ1) is 19.3. The molecule has 1 atom stereocenters. The minimum atomic E-state index is -0.952. The van der Waals surface area contributed by atoms with Crippen LogP contribution < -0.4 is 5.32 Å². The number of ether oxygens (including phenoxy) is 3. The van der Waals surface area contributed by atoms with E-state index in [9.17, 15) is 19.2 Å². The number of imide groups is 1. The van der Waals surface area contributed by atoms with Crippen LogP contribution in [0.1, 0.15) is 45.5 Å². The van der Waals surface area contributed by atoms with Crippen LogP contribution in [0.25, 0.3) is 0 Å². The van der Waals surface area contributed by atoms with Gasteiger partial charge in [-0.2, -0.15) is 5.26 Å². The predicted octanol–water partition coefficient (Wildman–Crippen LogP) is 3.50. The second-order valence-electron chi connectivity index (χ2n) is 8.91. The zero-order valence-corrected chi connectivity index (χ0v) is 22.6. The Bertz CT molecular complexity index is 1440. The van der Waals surface area contributed by atoms with E-state index in [1.807, 2.05) is 6.07 Å². The maximum absolute atomic E-state index is 13.2. The van der Waals surface area contributed by atoms with Gasteiger partial charge in [0.25, 0.3) is 11.8 Å². The number of esters is 2. The number of hydrogen-bond acceptors (Lipinski definition) is 9. The molecule has 1 unspecified atom stereocenters. The Kier molecular flexibility index (Phi) is 8.99. The van der Waals surface area contributed by atoms with E-state index >= 15 is 0 Å². The SMILES string of the molecule is COC(=O)C1=C(COCCN2C(=O)c3ccccc3C2=O)NC(C)=C(C(=O)OCCC#N)C1c1ccccc1Cl. The second kappa shape index (κ2) is 12.6. The molecule has 2 amide bonds. The third-order valence-electron chi connectivity index (χ3n) is 6.52. The van der Waals surface area contributed by atoms with Crippen LogP contribution in [0.15, 0.2) is 71.1 Å². The van der Waals surface area contributed by atoms with Crippen molar-refractivity contribution < 1.29 is 33.4 Å². The highest BCUT2D eigenvalue weighted by Gasteiger charge is 2.40. The van der Waals surface area contributed by atoms with Gasteiger partial charge in [0.15, 0.2) is 0 Å². The average Bonchev–Trinajstić information content (AvgIpc) is 3.19. The Balaban J connectivity index is 1.59. The molecule has 206 valence electrons. The topological polar surface area (TPSA) is 135 Å². The molecule has 10 nitrogen and oxygen atoms in total. The second-order valence-corrected chi connectivity index (χ2v) is 9.31. The summed E-state index contributed by atoms with van der Waals surface area (Å²) in [5.41, 5.74) is 2.12. The van der Waals surface area contributed by atoms with Crippen molar-refractivity contribution in [3.63, 3.8) is 0 Å². The van der Waals surface area contributed by atoms with E-state index in [1.165, 1.54) is 7.11 Å². The summed E-state index contributed by atoms with van der Waals surface area (Å²) in [6, 6.07) is 15.3. The smallest absolute Gasteiger partial charge is 0.336 e. The monoisotopic (exact) mass is 563 g/mol. The molecule has 2 aliphatic rings. The first-order valence-electron chi connectivity index (χ1n) is 12.4. The molecule has 0 fully saturated rings. The lowest BCUT2D eigenvalue weighted by Gasteiger charge is -2.31. The molecule has 0 bridgehead atoms. The van der Waals surface area contributed by atoms with E-state index in [0.29, 0.717) is 33.1 Å². The predicted molar refractivity (Wildman–Crippen MR) is 143 cm³/mol. The first-order valence-corrected chi connectivity index (χ1v) is 12.8. The van der Waals surface area contributed by atoms with Gasteiger partial charge < -0.3 is 19.5 Å². The number of hydrogen-bond donors (Lipinski definition) is 1. The number of amides is 2. The molecular weight excluding hydrogens is 538 g/mol. The van der Waals surface area contributed by atoms with Crippen molar-refractivity contribution in [2.24, 2.45) is 0 Å². The van der Waals surface area contributed by atoms with Gasteiger partial charge in [0.05, 0.1) is 73.2 Å². The Morgan fingerprint density at radius 1 is 1.00 bits per heavy atom. The summed E-state index contributed by atoms with van der Waals surface area (Å²) in [5.74, 6) is -3.17. The van der Waals surface area contributed by atoms with E-state index in [2.05, 4.69) is 5.32 Å². The Morgan fingerprint density at radius 2 is 1.65 bits per heavy atom. The fourth-order valence-electron chi connectivity index (χ4n) is 4.69. The molecule has 0 aliphatic carbocycles. The molecule has 2 aromatic carbocycles. The van der Waals surface area contributed by atoms with Crippen LogP contribution >= 0.6 is 11.6 Å². The lowest BCUT2D eigenvalue weighted by molar-refractivity contribution is -0.139. The fraction of sp³-hybridized carbons (Fsp3) is 0.276. The molecule has 2 aliphatic heterocycles. The van der Waals surface area contributed by atoms with Crippen molar-refractivity contribution in [3.05, 3.63) is 92.8 Å². The van der Waals surface area contributed by atoms with E-state index < -0.39 is 29.7 Å². The number of benzene rings is 2. The number of rotatable bonds is 10. The number of carbonyl (C=O) groups is 4. The van der Waals surface area contributed by atoms with E-state index in [4.69, 9.17) is 31.1 Å². The number of halogens is 1. The molecule has 0 spiro atoms. The Morgan fingerprint density at radius 3 is 2.27 bits per heavy atom. The molecule has 0 saturated heterocycles.